The fraction of sp³-hybridized carbons (Fsp3) is 0.900. The van der Waals surface area contributed by atoms with E-state index in [0.29, 0.717) is 6.42 Å². The standard InChI is InChI=1S/C10H15ClF3NO2/c1-3-7(11)8(16)15-5-4-9(6-15,17-2)10(12,13)14/h7H,3-6H2,1-2H3. The third-order valence-corrected chi connectivity index (χ3v) is 3.57. The van der Waals surface area contributed by atoms with Gasteiger partial charge in [0.25, 0.3) is 0 Å². The lowest BCUT2D eigenvalue weighted by Crippen LogP contribution is -2.50. The van der Waals surface area contributed by atoms with Crippen LogP contribution in [-0.2, 0) is 9.53 Å². The van der Waals surface area contributed by atoms with Crippen molar-refractivity contribution in [3.05, 3.63) is 0 Å². The number of methoxy groups -OCH3 is 1. The van der Waals surface area contributed by atoms with Crippen LogP contribution in [0.4, 0.5) is 13.2 Å². The Bertz CT molecular complexity index is 298. The van der Waals surface area contributed by atoms with Crippen molar-refractivity contribution in [1.82, 2.24) is 4.90 Å². The van der Waals surface area contributed by atoms with Gasteiger partial charge in [0.1, 0.15) is 5.38 Å². The number of carbonyl (C=O) groups excluding carboxylic acids is 1. The van der Waals surface area contributed by atoms with E-state index in [9.17, 15) is 18.0 Å². The second-order valence-corrected chi connectivity index (χ2v) is 4.61. The van der Waals surface area contributed by atoms with Gasteiger partial charge in [-0.05, 0) is 6.42 Å². The maximum Gasteiger partial charge on any atom is 0.419 e. The van der Waals surface area contributed by atoms with Crippen molar-refractivity contribution in [3.63, 3.8) is 0 Å². The van der Waals surface area contributed by atoms with E-state index < -0.39 is 29.6 Å². The van der Waals surface area contributed by atoms with Gasteiger partial charge >= 0.3 is 6.18 Å². The molecule has 7 heteroatoms. The number of nitrogens with zero attached hydrogens (tertiary/aromatic N) is 1. The van der Waals surface area contributed by atoms with E-state index in [4.69, 9.17) is 11.6 Å². The molecule has 3 nitrogen and oxygen atoms in total. The highest BCUT2D eigenvalue weighted by Gasteiger charge is 2.59. The third kappa shape index (κ3) is 2.68. The average molecular weight is 274 g/mol. The molecule has 0 spiro atoms. The molecule has 0 aromatic heterocycles. The Balaban J connectivity index is 2.78. The van der Waals surface area contributed by atoms with E-state index >= 15 is 0 Å². The molecule has 0 aromatic carbocycles. The molecule has 2 atom stereocenters. The van der Waals surface area contributed by atoms with E-state index in [1.165, 1.54) is 0 Å². The van der Waals surface area contributed by atoms with Crippen molar-refractivity contribution in [2.45, 2.75) is 36.9 Å². The van der Waals surface area contributed by atoms with Gasteiger partial charge in [0, 0.05) is 20.1 Å². The minimum atomic E-state index is -4.48. The maximum absolute atomic E-state index is 12.8. The van der Waals surface area contributed by atoms with E-state index in [-0.39, 0.29) is 13.0 Å². The van der Waals surface area contributed by atoms with Crippen LogP contribution < -0.4 is 0 Å². The number of ether oxygens (including phenoxy) is 1. The van der Waals surface area contributed by atoms with Crippen LogP contribution in [0.3, 0.4) is 0 Å². The van der Waals surface area contributed by atoms with Crippen molar-refractivity contribution < 1.29 is 22.7 Å². The molecular formula is C10H15ClF3NO2. The molecule has 0 aliphatic carbocycles. The number of alkyl halides is 4. The van der Waals surface area contributed by atoms with Gasteiger partial charge in [-0.1, -0.05) is 6.92 Å². The van der Waals surface area contributed by atoms with Crippen LogP contribution in [0.15, 0.2) is 0 Å². The fourth-order valence-corrected chi connectivity index (χ4v) is 1.99. The molecule has 1 rings (SSSR count). The molecule has 1 aliphatic rings. The van der Waals surface area contributed by atoms with Gasteiger partial charge in [-0.3, -0.25) is 4.79 Å². The number of hydrogen-bond acceptors (Lipinski definition) is 2. The van der Waals surface area contributed by atoms with Gasteiger partial charge in [-0.25, -0.2) is 0 Å². The molecule has 2 unspecified atom stereocenters. The fourth-order valence-electron chi connectivity index (χ4n) is 1.86. The van der Waals surface area contributed by atoms with Gasteiger partial charge in [0.15, 0.2) is 5.60 Å². The summed E-state index contributed by atoms with van der Waals surface area (Å²) in [5.74, 6) is -0.461. The summed E-state index contributed by atoms with van der Waals surface area (Å²) < 4.78 is 43.1. The number of amides is 1. The number of rotatable bonds is 3. The molecule has 0 radical (unpaired) electrons. The van der Waals surface area contributed by atoms with Gasteiger partial charge < -0.3 is 9.64 Å². The summed E-state index contributed by atoms with van der Waals surface area (Å²) in [6.07, 6.45) is -4.33. The highest BCUT2D eigenvalue weighted by Crippen LogP contribution is 2.40. The molecule has 0 bridgehead atoms. The average Bonchev–Trinajstić information content (AvgIpc) is 2.71. The van der Waals surface area contributed by atoms with Crippen molar-refractivity contribution >= 4 is 17.5 Å². The van der Waals surface area contributed by atoms with Crippen molar-refractivity contribution in [1.29, 1.82) is 0 Å². The minimum Gasteiger partial charge on any atom is -0.367 e. The minimum absolute atomic E-state index is 0.0232. The molecule has 0 N–H and O–H groups in total. The van der Waals surface area contributed by atoms with E-state index in [2.05, 4.69) is 4.74 Å². The zero-order valence-electron chi connectivity index (χ0n) is 9.68. The Morgan fingerprint density at radius 1 is 1.59 bits per heavy atom. The van der Waals surface area contributed by atoms with Crippen LogP contribution in [0.1, 0.15) is 19.8 Å². The molecule has 0 aromatic rings. The molecule has 1 saturated heterocycles. The number of likely N-dealkylation sites (tertiary alicyclic amines) is 1. The van der Waals surface area contributed by atoms with Gasteiger partial charge in [-0.2, -0.15) is 13.2 Å². The predicted molar refractivity (Wildman–Crippen MR) is 56.9 cm³/mol. The van der Waals surface area contributed by atoms with Crippen molar-refractivity contribution in [3.8, 4) is 0 Å². The molecule has 1 heterocycles. The first-order valence-electron chi connectivity index (χ1n) is 5.32. The second kappa shape index (κ2) is 5.02. The molecule has 1 fully saturated rings. The Kier molecular flexibility index (Phi) is 4.30. The summed E-state index contributed by atoms with van der Waals surface area (Å²) >= 11 is 5.73. The summed E-state index contributed by atoms with van der Waals surface area (Å²) in [7, 11) is 1.01. The highest BCUT2D eigenvalue weighted by atomic mass is 35.5. The van der Waals surface area contributed by atoms with Crippen LogP contribution in [-0.4, -0.2) is 48.2 Å². The normalized spacial score (nSPS) is 27.3. The van der Waals surface area contributed by atoms with Gasteiger partial charge in [-0.15, -0.1) is 11.6 Å². The lowest BCUT2D eigenvalue weighted by molar-refractivity contribution is -0.263. The van der Waals surface area contributed by atoms with Crippen molar-refractivity contribution in [2.24, 2.45) is 0 Å². The van der Waals surface area contributed by atoms with Crippen LogP contribution in [0, 0.1) is 0 Å². The van der Waals surface area contributed by atoms with Crippen LogP contribution in [0.2, 0.25) is 0 Å². The largest absolute Gasteiger partial charge is 0.419 e. The van der Waals surface area contributed by atoms with Gasteiger partial charge in [0.2, 0.25) is 5.91 Å². The first-order valence-corrected chi connectivity index (χ1v) is 5.76. The molecule has 100 valence electrons. The Labute approximate surface area is 103 Å². The first-order chi connectivity index (χ1) is 7.77. The lowest BCUT2D eigenvalue weighted by atomic mass is 10.0. The third-order valence-electron chi connectivity index (χ3n) is 3.08. The number of halogens is 4. The molecule has 0 saturated carbocycles. The number of hydrogen-bond donors (Lipinski definition) is 0. The predicted octanol–water partition coefficient (Wildman–Crippen LogP) is 2.18. The number of carbonyl (C=O) groups is 1. The maximum atomic E-state index is 12.8. The van der Waals surface area contributed by atoms with E-state index in [1.807, 2.05) is 0 Å². The Hall–Kier alpha value is -0.490. The van der Waals surface area contributed by atoms with E-state index in [0.717, 1.165) is 12.0 Å². The highest BCUT2D eigenvalue weighted by molar-refractivity contribution is 6.30. The Morgan fingerprint density at radius 2 is 2.18 bits per heavy atom. The van der Waals surface area contributed by atoms with Gasteiger partial charge in [0.05, 0.1) is 6.54 Å². The molecule has 1 amide bonds. The summed E-state index contributed by atoms with van der Waals surface area (Å²) in [5, 5.41) is -0.768. The van der Waals surface area contributed by atoms with Crippen LogP contribution >= 0.6 is 11.6 Å². The van der Waals surface area contributed by atoms with E-state index in [1.54, 1.807) is 6.92 Å². The first kappa shape index (κ1) is 14.6. The van der Waals surface area contributed by atoms with Crippen molar-refractivity contribution in [2.75, 3.05) is 20.2 Å². The lowest BCUT2D eigenvalue weighted by Gasteiger charge is -2.30. The summed E-state index contributed by atoms with van der Waals surface area (Å²) in [6, 6.07) is 0. The zero-order valence-corrected chi connectivity index (χ0v) is 10.4. The zero-order chi connectivity index (χ0) is 13.3. The Morgan fingerprint density at radius 3 is 2.53 bits per heavy atom. The smallest absolute Gasteiger partial charge is 0.367 e. The summed E-state index contributed by atoms with van der Waals surface area (Å²) in [4.78, 5) is 12.8. The summed E-state index contributed by atoms with van der Waals surface area (Å²) in [5.41, 5.74) is -2.24. The topological polar surface area (TPSA) is 29.5 Å². The molecular weight excluding hydrogens is 259 g/mol. The van der Waals surface area contributed by atoms with Crippen LogP contribution in [0.25, 0.3) is 0 Å². The monoisotopic (exact) mass is 273 g/mol. The SMILES string of the molecule is CCC(Cl)C(=O)N1CCC(OC)(C(F)(F)F)C1. The quantitative estimate of drug-likeness (QED) is 0.738. The summed E-state index contributed by atoms with van der Waals surface area (Å²) in [6.45, 7) is 1.25. The second-order valence-electron chi connectivity index (χ2n) is 4.08. The molecule has 1 aliphatic heterocycles. The van der Waals surface area contributed by atoms with Crippen LogP contribution in [0.5, 0.6) is 0 Å². The molecule has 17 heavy (non-hydrogen) atoms.